The maximum absolute atomic E-state index is 2.49. The summed E-state index contributed by atoms with van der Waals surface area (Å²) in [6.07, 6.45) is 2.36. The van der Waals surface area contributed by atoms with E-state index in [4.69, 9.17) is 0 Å². The third kappa shape index (κ3) is 5.28. The Balaban J connectivity index is 2.19. The van der Waals surface area contributed by atoms with Gasteiger partial charge in [-0.05, 0) is 120 Å². The highest BCUT2D eigenvalue weighted by atomic mass is 32.2. The van der Waals surface area contributed by atoms with Crippen LogP contribution in [0.4, 0.5) is 0 Å². The Morgan fingerprint density at radius 1 is 0.553 bits per heavy atom. The first-order valence-corrected chi connectivity index (χ1v) is 16.5. The van der Waals surface area contributed by atoms with Crippen molar-refractivity contribution >= 4 is 23.5 Å². The molecule has 4 rings (SSSR count). The smallest absolute Gasteiger partial charge is 0.0193 e. The Morgan fingerprint density at radius 3 is 1.24 bits per heavy atom. The summed E-state index contributed by atoms with van der Waals surface area (Å²) in [6.45, 7) is 23.2. The molecule has 4 aliphatic rings. The number of thioether (sulfide) groups is 2. The standard InChI is InChI=1S/C36H46S2/c1-11-17-37-35-25(9)29-19-27(21(3)4)15-13-23(7)31(29)33(35)34-32-24(8)14-16-28(22(5)6)20-30(32)26(10)36(34)38-18-12-2/h13-16,19-22H,11-12,17-18H2,1-10H3. The molecule has 0 amide bonds. The van der Waals surface area contributed by atoms with Crippen molar-refractivity contribution in [2.24, 2.45) is 0 Å². The van der Waals surface area contributed by atoms with Crippen LogP contribution in [-0.4, -0.2) is 11.5 Å². The molecule has 0 spiro atoms. The predicted molar refractivity (Wildman–Crippen MR) is 174 cm³/mol. The summed E-state index contributed by atoms with van der Waals surface area (Å²) in [4.78, 5) is 2.98. The summed E-state index contributed by atoms with van der Waals surface area (Å²) >= 11 is 4.13. The third-order valence-corrected chi connectivity index (χ3v) is 10.8. The number of rotatable bonds is 9. The first kappa shape index (κ1) is 29.1. The van der Waals surface area contributed by atoms with Crippen molar-refractivity contribution in [1.29, 1.82) is 0 Å². The molecule has 0 N–H and O–H groups in total. The molecule has 0 fully saturated rings. The van der Waals surface area contributed by atoms with Gasteiger partial charge >= 0.3 is 0 Å². The van der Waals surface area contributed by atoms with Crippen LogP contribution in [0.5, 0.6) is 0 Å². The van der Waals surface area contributed by atoms with Crippen molar-refractivity contribution in [1.82, 2.24) is 0 Å². The zero-order valence-corrected chi connectivity index (χ0v) is 26.9. The van der Waals surface area contributed by atoms with Gasteiger partial charge in [-0.15, -0.1) is 23.5 Å². The Hall–Kier alpha value is -1.90. The quantitative estimate of drug-likeness (QED) is 0.193. The van der Waals surface area contributed by atoms with Gasteiger partial charge in [-0.1, -0.05) is 77.9 Å². The highest BCUT2D eigenvalue weighted by Gasteiger charge is 2.31. The molecule has 0 unspecified atom stereocenters. The molecule has 0 nitrogen and oxygen atoms in total. The normalized spacial score (nSPS) is 12.0. The zero-order valence-electron chi connectivity index (χ0n) is 25.3. The number of hydrogen-bond acceptors (Lipinski definition) is 2. The Labute approximate surface area is 241 Å². The van der Waals surface area contributed by atoms with Gasteiger partial charge in [0.15, 0.2) is 0 Å². The molecule has 0 saturated heterocycles. The van der Waals surface area contributed by atoms with Gasteiger partial charge in [-0.25, -0.2) is 0 Å². The van der Waals surface area contributed by atoms with E-state index in [-0.39, 0.29) is 0 Å². The van der Waals surface area contributed by atoms with E-state index < -0.39 is 0 Å². The second-order valence-corrected chi connectivity index (χ2v) is 13.8. The summed E-state index contributed by atoms with van der Waals surface area (Å²) in [6, 6.07) is 14.4. The van der Waals surface area contributed by atoms with Crippen LogP contribution >= 0.6 is 23.5 Å². The molecule has 0 aromatic heterocycles. The lowest BCUT2D eigenvalue weighted by atomic mass is 9.94. The fourth-order valence-corrected chi connectivity index (χ4v) is 7.84. The Morgan fingerprint density at radius 2 is 0.921 bits per heavy atom. The van der Waals surface area contributed by atoms with Crippen LogP contribution in [0.3, 0.4) is 0 Å². The molecule has 4 aliphatic carbocycles. The Bertz CT molecular complexity index is 1270. The van der Waals surface area contributed by atoms with Crippen molar-refractivity contribution < 1.29 is 0 Å². The number of hydrogen-bond donors (Lipinski definition) is 0. The van der Waals surface area contributed by atoms with E-state index in [2.05, 4.69) is 129 Å². The van der Waals surface area contributed by atoms with Crippen LogP contribution in [0.2, 0.25) is 0 Å². The van der Waals surface area contributed by atoms with E-state index >= 15 is 0 Å². The lowest BCUT2D eigenvalue weighted by Gasteiger charge is -2.13. The van der Waals surface area contributed by atoms with Crippen molar-refractivity contribution in [3.05, 3.63) is 69.8 Å². The molecule has 0 heterocycles. The molecule has 0 saturated carbocycles. The van der Waals surface area contributed by atoms with Gasteiger partial charge < -0.3 is 0 Å². The fourth-order valence-electron chi connectivity index (χ4n) is 5.67. The largest absolute Gasteiger partial charge is 0.125 e. The maximum Gasteiger partial charge on any atom is 0.0193 e. The average molecular weight is 543 g/mol. The SMILES string of the molecule is CCCSc1c(C)c2cc(C(C)C)ccc(C)c-2c1-c1c(SCCC)c(C)c2cc(C(C)C)ccc(C)c1-2. The zero-order chi connectivity index (χ0) is 27.7. The second kappa shape index (κ2) is 12.1. The Kier molecular flexibility index (Phi) is 9.26. The van der Waals surface area contributed by atoms with E-state index in [0.29, 0.717) is 11.8 Å². The second-order valence-electron chi connectivity index (χ2n) is 11.6. The van der Waals surface area contributed by atoms with E-state index in [1.807, 2.05) is 0 Å². The molecule has 38 heavy (non-hydrogen) atoms. The molecule has 0 radical (unpaired) electrons. The van der Waals surface area contributed by atoms with Gasteiger partial charge in [0.25, 0.3) is 0 Å². The highest BCUT2D eigenvalue weighted by Crippen LogP contribution is 2.57. The van der Waals surface area contributed by atoms with Crippen LogP contribution in [0.25, 0.3) is 33.4 Å². The van der Waals surface area contributed by atoms with Crippen LogP contribution < -0.4 is 0 Å². The lowest BCUT2D eigenvalue weighted by molar-refractivity contribution is 0.868. The molecule has 2 heteroatoms. The first-order valence-electron chi connectivity index (χ1n) is 14.5. The monoisotopic (exact) mass is 542 g/mol. The summed E-state index contributed by atoms with van der Waals surface area (Å²) in [5.74, 6) is 3.29. The van der Waals surface area contributed by atoms with Crippen LogP contribution in [0, 0.1) is 27.7 Å². The molecule has 0 atom stereocenters. The van der Waals surface area contributed by atoms with Crippen molar-refractivity contribution in [3.8, 4) is 33.4 Å². The van der Waals surface area contributed by atoms with Crippen molar-refractivity contribution in [3.63, 3.8) is 0 Å². The van der Waals surface area contributed by atoms with Crippen LogP contribution in [-0.2, 0) is 0 Å². The summed E-state index contributed by atoms with van der Waals surface area (Å²) in [5, 5.41) is 0. The lowest BCUT2D eigenvalue weighted by Crippen LogP contribution is -1.88. The van der Waals surface area contributed by atoms with Gasteiger partial charge in [0, 0.05) is 20.9 Å². The molecular formula is C36H46S2. The maximum atomic E-state index is 2.49. The van der Waals surface area contributed by atoms with E-state index in [1.54, 1.807) is 0 Å². The average Bonchev–Trinajstić information content (AvgIpc) is 3.10. The molecule has 0 aromatic rings. The van der Waals surface area contributed by atoms with Gasteiger partial charge in [0.05, 0.1) is 0 Å². The van der Waals surface area contributed by atoms with Crippen LogP contribution in [0.1, 0.15) is 99.6 Å². The van der Waals surface area contributed by atoms with E-state index in [1.165, 1.54) is 89.4 Å². The molecule has 0 aliphatic heterocycles. The molecular weight excluding hydrogens is 497 g/mol. The molecule has 0 bridgehead atoms. The predicted octanol–water partition coefficient (Wildman–Crippen LogP) is 12.0. The minimum atomic E-state index is 0.503. The van der Waals surface area contributed by atoms with E-state index in [9.17, 15) is 0 Å². The first-order chi connectivity index (χ1) is 18.1. The molecule has 202 valence electrons. The summed E-state index contributed by atoms with van der Waals surface area (Å²) < 4.78 is 0. The fraction of sp³-hybridized carbons (Fsp3) is 0.444. The van der Waals surface area contributed by atoms with Crippen molar-refractivity contribution in [2.45, 2.75) is 104 Å². The third-order valence-electron chi connectivity index (χ3n) is 7.93. The van der Waals surface area contributed by atoms with Crippen LogP contribution in [0.15, 0.2) is 46.2 Å². The summed E-state index contributed by atoms with van der Waals surface area (Å²) in [5.41, 5.74) is 17.2. The summed E-state index contributed by atoms with van der Waals surface area (Å²) in [7, 11) is 0. The topological polar surface area (TPSA) is 0 Å². The highest BCUT2D eigenvalue weighted by molar-refractivity contribution is 8.00. The van der Waals surface area contributed by atoms with Gasteiger partial charge in [-0.3, -0.25) is 0 Å². The van der Waals surface area contributed by atoms with Gasteiger partial charge in [0.2, 0.25) is 0 Å². The van der Waals surface area contributed by atoms with E-state index in [0.717, 1.165) is 11.5 Å². The van der Waals surface area contributed by atoms with Gasteiger partial charge in [-0.2, -0.15) is 0 Å². The van der Waals surface area contributed by atoms with Crippen molar-refractivity contribution in [2.75, 3.05) is 11.5 Å². The van der Waals surface area contributed by atoms with Gasteiger partial charge in [0.1, 0.15) is 0 Å². The number of aryl methyl sites for hydroxylation is 2. The number of fused-ring (bicyclic) bond motifs is 2. The molecule has 0 aromatic carbocycles. The minimum absolute atomic E-state index is 0.503. The minimum Gasteiger partial charge on any atom is -0.125 e.